The van der Waals surface area contributed by atoms with E-state index < -0.39 is 10.9 Å². The van der Waals surface area contributed by atoms with Gasteiger partial charge >= 0.3 is 5.97 Å². The van der Waals surface area contributed by atoms with Crippen molar-refractivity contribution in [1.29, 1.82) is 0 Å². The fourth-order valence-corrected chi connectivity index (χ4v) is 2.15. The minimum atomic E-state index is -0.777. The van der Waals surface area contributed by atoms with Crippen LogP contribution in [0.1, 0.15) is 10.4 Å². The van der Waals surface area contributed by atoms with Crippen molar-refractivity contribution in [3.8, 4) is 11.5 Å². The molecule has 0 atom stereocenters. The van der Waals surface area contributed by atoms with Gasteiger partial charge in [-0.2, -0.15) is 0 Å². The summed E-state index contributed by atoms with van der Waals surface area (Å²) in [6.07, 6.45) is 0. The van der Waals surface area contributed by atoms with E-state index in [0.717, 1.165) is 6.07 Å². The highest BCUT2D eigenvalue weighted by Crippen LogP contribution is 2.32. The van der Waals surface area contributed by atoms with Gasteiger partial charge in [-0.3, -0.25) is 10.1 Å². The summed E-state index contributed by atoms with van der Waals surface area (Å²) in [5.41, 5.74) is -0.148. The second kappa shape index (κ2) is 6.64. The van der Waals surface area contributed by atoms with Crippen molar-refractivity contribution in [1.82, 2.24) is 0 Å². The van der Waals surface area contributed by atoms with Crippen LogP contribution in [-0.2, 0) is 0 Å². The van der Waals surface area contributed by atoms with Crippen LogP contribution >= 0.6 is 23.2 Å². The number of nitrogens with zero attached hydrogens (tertiary/aromatic N) is 1. The molecule has 0 saturated heterocycles. The molecule has 6 nitrogen and oxygen atoms in total. The van der Waals surface area contributed by atoms with Crippen LogP contribution < -0.4 is 9.47 Å². The van der Waals surface area contributed by atoms with Gasteiger partial charge in [-0.15, -0.1) is 0 Å². The average molecular weight is 342 g/mol. The molecule has 0 fully saturated rings. The zero-order chi connectivity index (χ0) is 16.3. The Balaban J connectivity index is 2.34. The molecule has 0 amide bonds. The number of nitro benzene ring substituents is 1. The summed E-state index contributed by atoms with van der Waals surface area (Å²) in [5, 5.41) is 11.3. The smallest absolute Gasteiger partial charge is 0.345 e. The predicted octanol–water partition coefficient (Wildman–Crippen LogP) is 4.13. The van der Waals surface area contributed by atoms with Gasteiger partial charge in [0.2, 0.25) is 0 Å². The third kappa shape index (κ3) is 3.47. The van der Waals surface area contributed by atoms with E-state index in [0.29, 0.717) is 5.02 Å². The third-order valence-electron chi connectivity index (χ3n) is 2.71. The van der Waals surface area contributed by atoms with Gasteiger partial charge in [0.05, 0.1) is 28.7 Å². The summed E-state index contributed by atoms with van der Waals surface area (Å²) in [6.45, 7) is 0. The van der Waals surface area contributed by atoms with Crippen molar-refractivity contribution in [3.05, 3.63) is 62.1 Å². The Bertz CT molecular complexity index is 748. The van der Waals surface area contributed by atoms with E-state index in [1.807, 2.05) is 0 Å². The Morgan fingerprint density at radius 2 is 1.86 bits per heavy atom. The number of halogens is 2. The molecule has 0 heterocycles. The Hall–Kier alpha value is -2.31. The van der Waals surface area contributed by atoms with Crippen LogP contribution in [0.4, 0.5) is 5.69 Å². The second-order valence-corrected chi connectivity index (χ2v) is 4.95. The van der Waals surface area contributed by atoms with E-state index in [1.54, 1.807) is 0 Å². The van der Waals surface area contributed by atoms with Gasteiger partial charge in [-0.1, -0.05) is 23.2 Å². The van der Waals surface area contributed by atoms with Crippen molar-refractivity contribution < 1.29 is 19.2 Å². The maximum Gasteiger partial charge on any atom is 0.345 e. The molecule has 0 radical (unpaired) electrons. The summed E-state index contributed by atoms with van der Waals surface area (Å²) >= 11 is 11.7. The molecule has 0 aliphatic heterocycles. The number of ether oxygens (including phenoxy) is 2. The zero-order valence-electron chi connectivity index (χ0n) is 11.2. The topological polar surface area (TPSA) is 78.7 Å². The van der Waals surface area contributed by atoms with Crippen molar-refractivity contribution in [2.45, 2.75) is 0 Å². The van der Waals surface area contributed by atoms with Gasteiger partial charge in [0.15, 0.2) is 11.5 Å². The Morgan fingerprint density at radius 1 is 1.14 bits per heavy atom. The lowest BCUT2D eigenvalue weighted by molar-refractivity contribution is -0.384. The minimum absolute atomic E-state index is 0.0762. The molecule has 0 unspecified atom stereocenters. The first-order chi connectivity index (χ1) is 10.4. The number of non-ortho nitro benzene ring substituents is 1. The fourth-order valence-electron chi connectivity index (χ4n) is 1.67. The lowest BCUT2D eigenvalue weighted by atomic mass is 10.2. The van der Waals surface area contributed by atoms with Gasteiger partial charge in [0, 0.05) is 11.1 Å². The maximum atomic E-state index is 12.1. The summed E-state index contributed by atoms with van der Waals surface area (Å²) in [4.78, 5) is 22.3. The first-order valence-corrected chi connectivity index (χ1v) is 6.67. The minimum Gasteiger partial charge on any atom is -0.493 e. The van der Waals surface area contributed by atoms with Crippen LogP contribution in [0.5, 0.6) is 11.5 Å². The number of rotatable bonds is 4. The summed E-state index contributed by atoms with van der Waals surface area (Å²) in [6, 6.07) is 7.95. The average Bonchev–Trinajstić information content (AvgIpc) is 2.46. The van der Waals surface area contributed by atoms with Gasteiger partial charge in [0.25, 0.3) is 5.69 Å². The molecule has 2 aromatic rings. The molecule has 0 spiro atoms. The first-order valence-electron chi connectivity index (χ1n) is 5.92. The standard InChI is InChI=1S/C14H9Cl2NO5/c1-21-12-5-3-9(17(19)20)7-13(12)22-14(18)10-4-2-8(15)6-11(10)16/h2-7H,1H3. The van der Waals surface area contributed by atoms with E-state index >= 15 is 0 Å². The van der Waals surface area contributed by atoms with Crippen LogP contribution in [0.25, 0.3) is 0 Å². The third-order valence-corrected chi connectivity index (χ3v) is 3.26. The van der Waals surface area contributed by atoms with Gasteiger partial charge in [-0.05, 0) is 24.3 Å². The molecule has 0 bridgehead atoms. The van der Waals surface area contributed by atoms with E-state index in [2.05, 4.69) is 0 Å². The molecule has 0 aromatic heterocycles. The lowest BCUT2D eigenvalue weighted by Crippen LogP contribution is -2.10. The quantitative estimate of drug-likeness (QED) is 0.361. The van der Waals surface area contributed by atoms with Crippen LogP contribution in [0.15, 0.2) is 36.4 Å². The van der Waals surface area contributed by atoms with Crippen molar-refractivity contribution >= 4 is 34.9 Å². The summed E-state index contributed by atoms with van der Waals surface area (Å²) in [7, 11) is 1.35. The number of carbonyl (C=O) groups excluding carboxylic acids is 1. The molecule has 0 N–H and O–H groups in total. The number of carbonyl (C=O) groups is 1. The Morgan fingerprint density at radius 3 is 2.45 bits per heavy atom. The number of hydrogen-bond donors (Lipinski definition) is 0. The van der Waals surface area contributed by atoms with Gasteiger partial charge in [0.1, 0.15) is 0 Å². The number of nitro groups is 1. The second-order valence-electron chi connectivity index (χ2n) is 4.11. The van der Waals surface area contributed by atoms with Crippen molar-refractivity contribution in [3.63, 3.8) is 0 Å². The lowest BCUT2D eigenvalue weighted by Gasteiger charge is -2.09. The highest BCUT2D eigenvalue weighted by Gasteiger charge is 2.18. The Kier molecular flexibility index (Phi) is 4.85. The van der Waals surface area contributed by atoms with E-state index in [-0.39, 0.29) is 27.8 Å². The molecule has 0 aliphatic rings. The van der Waals surface area contributed by atoms with Crippen molar-refractivity contribution in [2.75, 3.05) is 7.11 Å². The molecule has 2 aromatic carbocycles. The molecule has 8 heteroatoms. The largest absolute Gasteiger partial charge is 0.493 e. The maximum absolute atomic E-state index is 12.1. The fraction of sp³-hybridized carbons (Fsp3) is 0.0714. The SMILES string of the molecule is COc1ccc([N+](=O)[O-])cc1OC(=O)c1ccc(Cl)cc1Cl. The van der Waals surface area contributed by atoms with Crippen molar-refractivity contribution in [2.24, 2.45) is 0 Å². The Labute approximate surface area is 135 Å². The molecule has 2 rings (SSSR count). The summed E-state index contributed by atoms with van der Waals surface area (Å²) in [5.74, 6) is -0.669. The van der Waals surface area contributed by atoms with Crippen LogP contribution in [-0.4, -0.2) is 18.0 Å². The molecular weight excluding hydrogens is 333 g/mol. The normalized spacial score (nSPS) is 10.1. The predicted molar refractivity (Wildman–Crippen MR) is 81.1 cm³/mol. The van der Waals surface area contributed by atoms with Crippen LogP contribution in [0.2, 0.25) is 10.0 Å². The van der Waals surface area contributed by atoms with E-state index in [4.69, 9.17) is 32.7 Å². The van der Waals surface area contributed by atoms with Crippen LogP contribution in [0.3, 0.4) is 0 Å². The monoisotopic (exact) mass is 341 g/mol. The first kappa shape index (κ1) is 16.1. The van der Waals surface area contributed by atoms with Gasteiger partial charge in [-0.25, -0.2) is 4.79 Å². The number of esters is 1. The van der Waals surface area contributed by atoms with Gasteiger partial charge < -0.3 is 9.47 Å². The summed E-state index contributed by atoms with van der Waals surface area (Å²) < 4.78 is 10.2. The van der Waals surface area contributed by atoms with Crippen LogP contribution in [0, 0.1) is 10.1 Å². The molecule has 0 aliphatic carbocycles. The van der Waals surface area contributed by atoms with E-state index in [1.165, 1.54) is 37.4 Å². The number of benzene rings is 2. The highest BCUT2D eigenvalue weighted by atomic mass is 35.5. The molecular formula is C14H9Cl2NO5. The molecule has 0 saturated carbocycles. The molecule has 114 valence electrons. The number of hydrogen-bond acceptors (Lipinski definition) is 5. The van der Waals surface area contributed by atoms with E-state index in [9.17, 15) is 14.9 Å². The zero-order valence-corrected chi connectivity index (χ0v) is 12.7. The number of methoxy groups -OCH3 is 1. The molecule has 22 heavy (non-hydrogen) atoms. The highest BCUT2D eigenvalue weighted by molar-refractivity contribution is 6.36.